The lowest BCUT2D eigenvalue weighted by atomic mass is 9.74. The van der Waals surface area contributed by atoms with Crippen molar-refractivity contribution in [1.82, 2.24) is 14.7 Å². The van der Waals surface area contributed by atoms with Crippen LogP contribution >= 0.6 is 15.9 Å². The fourth-order valence-corrected chi connectivity index (χ4v) is 5.03. The highest BCUT2D eigenvalue weighted by Gasteiger charge is 2.49. The largest absolute Gasteiger partial charge is 0.497 e. The van der Waals surface area contributed by atoms with Gasteiger partial charge in [-0.2, -0.15) is 0 Å². The van der Waals surface area contributed by atoms with Gasteiger partial charge in [-0.1, -0.05) is 40.2 Å². The van der Waals surface area contributed by atoms with Gasteiger partial charge in [0, 0.05) is 54.3 Å². The molecule has 0 radical (unpaired) electrons. The molecule has 4 rings (SSSR count). The normalized spacial score (nSPS) is 23.2. The molecule has 6 nitrogen and oxygen atoms in total. The summed E-state index contributed by atoms with van der Waals surface area (Å²) < 4.78 is 6.29. The van der Waals surface area contributed by atoms with Gasteiger partial charge in [0.25, 0.3) is 0 Å². The highest BCUT2D eigenvalue weighted by Crippen LogP contribution is 2.42. The van der Waals surface area contributed by atoms with Crippen LogP contribution in [0.3, 0.4) is 0 Å². The molecule has 2 aromatic rings. The molecule has 0 aromatic heterocycles. The maximum atomic E-state index is 13.1. The first-order valence-corrected chi connectivity index (χ1v) is 11.8. The molecule has 170 valence electrons. The smallest absolute Gasteiger partial charge is 0.322 e. The van der Waals surface area contributed by atoms with Crippen molar-refractivity contribution in [3.8, 4) is 5.75 Å². The molecule has 2 aliphatic rings. The van der Waals surface area contributed by atoms with Crippen molar-refractivity contribution in [3.05, 3.63) is 70.7 Å². The third-order valence-electron chi connectivity index (χ3n) is 6.33. The zero-order valence-corrected chi connectivity index (χ0v) is 20.5. The lowest BCUT2D eigenvalue weighted by Crippen LogP contribution is -2.68. The van der Waals surface area contributed by atoms with Crippen LogP contribution in [0.25, 0.3) is 0 Å². The summed E-state index contributed by atoms with van der Waals surface area (Å²) in [6.45, 7) is 3.21. The lowest BCUT2D eigenvalue weighted by molar-refractivity contribution is -0.0288. The van der Waals surface area contributed by atoms with Crippen LogP contribution in [0, 0.1) is 0 Å². The number of ether oxygens (including phenoxy) is 1. The minimum absolute atomic E-state index is 0.0766. The van der Waals surface area contributed by atoms with E-state index in [1.165, 1.54) is 5.56 Å². The molecule has 1 fully saturated rings. The Bertz CT molecular complexity index is 945. The van der Waals surface area contributed by atoms with Crippen molar-refractivity contribution >= 4 is 27.6 Å². The zero-order valence-electron chi connectivity index (χ0n) is 18.9. The molecule has 3 unspecified atom stereocenters. The van der Waals surface area contributed by atoms with Gasteiger partial charge in [-0.15, -0.1) is 0 Å². The molecule has 2 heterocycles. The number of amides is 2. The number of carbonyl (C=O) groups is 1. The SMILES string of the molecule is COc1ccc(NC(=O)N2CC=CCN3C(CN(C)C)C(c4ccc(Br)cc4)C3C2)cc1. The monoisotopic (exact) mass is 498 g/mol. The van der Waals surface area contributed by atoms with Crippen molar-refractivity contribution in [2.45, 2.75) is 18.0 Å². The van der Waals surface area contributed by atoms with Crippen LogP contribution in [-0.2, 0) is 0 Å². The van der Waals surface area contributed by atoms with E-state index in [0.717, 1.165) is 29.0 Å². The van der Waals surface area contributed by atoms with Gasteiger partial charge in [0.2, 0.25) is 0 Å². The Morgan fingerprint density at radius 3 is 2.44 bits per heavy atom. The minimum Gasteiger partial charge on any atom is -0.497 e. The summed E-state index contributed by atoms with van der Waals surface area (Å²) in [5, 5.41) is 3.04. The number of carbonyl (C=O) groups excluding carboxylic acids is 1. The van der Waals surface area contributed by atoms with Crippen LogP contribution in [0.1, 0.15) is 11.5 Å². The second-order valence-corrected chi connectivity index (χ2v) is 9.62. The summed E-state index contributed by atoms with van der Waals surface area (Å²) in [6.07, 6.45) is 4.30. The quantitative estimate of drug-likeness (QED) is 0.625. The third-order valence-corrected chi connectivity index (χ3v) is 6.86. The number of methoxy groups -OCH3 is 1. The Morgan fingerprint density at radius 1 is 1.09 bits per heavy atom. The van der Waals surface area contributed by atoms with E-state index in [4.69, 9.17) is 4.74 Å². The lowest BCUT2D eigenvalue weighted by Gasteiger charge is -2.57. The maximum Gasteiger partial charge on any atom is 0.322 e. The van der Waals surface area contributed by atoms with Crippen molar-refractivity contribution in [2.75, 3.05) is 52.7 Å². The molecule has 1 N–H and O–H groups in total. The number of hydrogen-bond donors (Lipinski definition) is 1. The Balaban J connectivity index is 1.53. The molecule has 3 atom stereocenters. The summed E-state index contributed by atoms with van der Waals surface area (Å²) in [5.41, 5.74) is 2.10. The number of nitrogens with one attached hydrogen (secondary N) is 1. The Hall–Kier alpha value is -2.35. The van der Waals surface area contributed by atoms with Gasteiger partial charge in [-0.3, -0.25) is 4.90 Å². The van der Waals surface area contributed by atoms with E-state index in [9.17, 15) is 4.79 Å². The van der Waals surface area contributed by atoms with E-state index in [-0.39, 0.29) is 12.1 Å². The van der Waals surface area contributed by atoms with Crippen LogP contribution in [0.5, 0.6) is 5.75 Å². The topological polar surface area (TPSA) is 48.1 Å². The molecule has 2 amide bonds. The molecule has 7 heteroatoms. The van der Waals surface area contributed by atoms with Crippen molar-refractivity contribution in [2.24, 2.45) is 0 Å². The molecular formula is C25H31BrN4O2. The predicted molar refractivity (Wildman–Crippen MR) is 132 cm³/mol. The number of nitrogens with zero attached hydrogens (tertiary/aromatic N) is 3. The number of halogens is 1. The summed E-state index contributed by atoms with van der Waals surface area (Å²) in [6, 6.07) is 16.7. The summed E-state index contributed by atoms with van der Waals surface area (Å²) in [7, 11) is 5.89. The van der Waals surface area contributed by atoms with Gasteiger partial charge in [0.1, 0.15) is 5.75 Å². The number of hydrogen-bond acceptors (Lipinski definition) is 4. The maximum absolute atomic E-state index is 13.1. The molecule has 0 saturated carbocycles. The number of likely N-dealkylation sites (N-methyl/N-ethyl adjacent to an activating group) is 1. The third kappa shape index (κ3) is 5.00. The van der Waals surface area contributed by atoms with Crippen LogP contribution in [0.15, 0.2) is 65.2 Å². The van der Waals surface area contributed by atoms with Crippen LogP contribution < -0.4 is 10.1 Å². The van der Waals surface area contributed by atoms with Crippen LogP contribution in [0.2, 0.25) is 0 Å². The van der Waals surface area contributed by atoms with E-state index in [0.29, 0.717) is 25.0 Å². The fraction of sp³-hybridized carbons (Fsp3) is 0.400. The van der Waals surface area contributed by atoms with E-state index in [1.54, 1.807) is 7.11 Å². The molecular weight excluding hydrogens is 468 g/mol. The highest BCUT2D eigenvalue weighted by molar-refractivity contribution is 9.10. The first-order chi connectivity index (χ1) is 15.5. The first kappa shape index (κ1) is 22.8. The van der Waals surface area contributed by atoms with E-state index in [2.05, 4.69) is 81.6 Å². The number of fused-ring (bicyclic) bond motifs is 1. The molecule has 0 aliphatic carbocycles. The minimum atomic E-state index is -0.0766. The van der Waals surface area contributed by atoms with E-state index >= 15 is 0 Å². The van der Waals surface area contributed by atoms with Gasteiger partial charge in [-0.25, -0.2) is 4.79 Å². The second-order valence-electron chi connectivity index (χ2n) is 8.71. The van der Waals surface area contributed by atoms with Gasteiger partial charge >= 0.3 is 6.03 Å². The van der Waals surface area contributed by atoms with Gasteiger partial charge in [0.05, 0.1) is 7.11 Å². The van der Waals surface area contributed by atoms with Crippen LogP contribution in [-0.4, -0.2) is 80.2 Å². The Kier molecular flexibility index (Phi) is 7.18. The molecule has 2 aromatic carbocycles. The summed E-state index contributed by atoms with van der Waals surface area (Å²) >= 11 is 3.55. The molecule has 32 heavy (non-hydrogen) atoms. The van der Waals surface area contributed by atoms with E-state index in [1.807, 2.05) is 29.2 Å². The van der Waals surface area contributed by atoms with Gasteiger partial charge < -0.3 is 19.9 Å². The zero-order chi connectivity index (χ0) is 22.7. The molecule has 1 saturated heterocycles. The standard InChI is InChI=1S/C25H31BrN4O2/c1-28(2)16-22-24(18-6-8-19(26)9-7-18)23-17-29(14-4-5-15-30(22)23)25(31)27-20-10-12-21(32-3)13-11-20/h4-13,22-24H,14-17H2,1-3H3,(H,27,31). The average molecular weight is 499 g/mol. The van der Waals surface area contributed by atoms with Crippen molar-refractivity contribution < 1.29 is 9.53 Å². The number of rotatable bonds is 5. The summed E-state index contributed by atoms with van der Waals surface area (Å²) in [4.78, 5) is 19.8. The summed E-state index contributed by atoms with van der Waals surface area (Å²) in [5.74, 6) is 1.15. The second kappa shape index (κ2) is 10.1. The first-order valence-electron chi connectivity index (χ1n) is 11.0. The average Bonchev–Trinajstić information content (AvgIpc) is 2.76. The van der Waals surface area contributed by atoms with Gasteiger partial charge in [0.15, 0.2) is 0 Å². The van der Waals surface area contributed by atoms with E-state index < -0.39 is 0 Å². The number of anilines is 1. The molecule has 2 aliphatic heterocycles. The van der Waals surface area contributed by atoms with Crippen molar-refractivity contribution in [1.29, 1.82) is 0 Å². The molecule has 0 spiro atoms. The number of urea groups is 1. The fourth-order valence-electron chi connectivity index (χ4n) is 4.77. The Morgan fingerprint density at radius 2 is 1.78 bits per heavy atom. The van der Waals surface area contributed by atoms with Gasteiger partial charge in [-0.05, 0) is 56.1 Å². The van der Waals surface area contributed by atoms with Crippen molar-refractivity contribution in [3.63, 3.8) is 0 Å². The Labute approximate surface area is 199 Å². The molecule has 0 bridgehead atoms. The highest BCUT2D eigenvalue weighted by atomic mass is 79.9. The van der Waals surface area contributed by atoms with Crippen LogP contribution in [0.4, 0.5) is 10.5 Å². The number of benzene rings is 2. The predicted octanol–water partition coefficient (Wildman–Crippen LogP) is 4.26.